The molecule has 4 nitrogen and oxygen atoms in total. The molecule has 1 fully saturated rings. The SMILES string of the molecule is Nc1cccc2c1CCCN2S(=O)(=O)CC1CC1. The van der Waals surface area contributed by atoms with Crippen LogP contribution in [0.2, 0.25) is 0 Å². The van der Waals surface area contributed by atoms with E-state index in [1.54, 1.807) is 4.31 Å². The number of fused-ring (bicyclic) bond motifs is 1. The van der Waals surface area contributed by atoms with Gasteiger partial charge in [0.1, 0.15) is 0 Å². The molecule has 0 amide bonds. The van der Waals surface area contributed by atoms with Crippen LogP contribution in [0, 0.1) is 5.92 Å². The Hall–Kier alpha value is -1.23. The van der Waals surface area contributed by atoms with Gasteiger partial charge in [-0.05, 0) is 49.3 Å². The summed E-state index contributed by atoms with van der Waals surface area (Å²) >= 11 is 0. The van der Waals surface area contributed by atoms with E-state index in [-0.39, 0.29) is 0 Å². The van der Waals surface area contributed by atoms with Crippen molar-refractivity contribution >= 4 is 21.4 Å². The number of nitrogen functional groups attached to an aromatic ring is 1. The summed E-state index contributed by atoms with van der Waals surface area (Å²) in [5.41, 5.74) is 8.43. The topological polar surface area (TPSA) is 63.4 Å². The molecule has 98 valence electrons. The summed E-state index contributed by atoms with van der Waals surface area (Å²) in [6.07, 6.45) is 3.83. The van der Waals surface area contributed by atoms with E-state index in [1.807, 2.05) is 18.2 Å². The highest BCUT2D eigenvalue weighted by molar-refractivity contribution is 7.92. The van der Waals surface area contributed by atoms with E-state index < -0.39 is 10.0 Å². The van der Waals surface area contributed by atoms with Crippen molar-refractivity contribution in [2.45, 2.75) is 25.7 Å². The van der Waals surface area contributed by atoms with E-state index in [0.717, 1.165) is 36.9 Å². The smallest absolute Gasteiger partial charge is 0.235 e. The van der Waals surface area contributed by atoms with E-state index in [1.165, 1.54) is 0 Å². The van der Waals surface area contributed by atoms with Crippen LogP contribution in [0.15, 0.2) is 18.2 Å². The van der Waals surface area contributed by atoms with E-state index in [2.05, 4.69) is 0 Å². The standard InChI is InChI=1S/C13H18N2O2S/c14-12-4-1-5-13-11(12)3-2-8-15(13)18(16,17)9-10-6-7-10/h1,4-5,10H,2-3,6-9,14H2. The van der Waals surface area contributed by atoms with Crippen LogP contribution in [0.25, 0.3) is 0 Å². The van der Waals surface area contributed by atoms with Crippen LogP contribution in [0.5, 0.6) is 0 Å². The Morgan fingerprint density at radius 1 is 1.33 bits per heavy atom. The van der Waals surface area contributed by atoms with Crippen molar-refractivity contribution in [3.05, 3.63) is 23.8 Å². The Morgan fingerprint density at radius 2 is 2.11 bits per heavy atom. The molecule has 5 heteroatoms. The third-order valence-corrected chi connectivity index (χ3v) is 5.67. The first-order chi connectivity index (χ1) is 8.58. The lowest BCUT2D eigenvalue weighted by Gasteiger charge is -2.31. The molecule has 2 N–H and O–H groups in total. The fourth-order valence-corrected chi connectivity index (χ4v) is 4.57. The maximum absolute atomic E-state index is 12.4. The number of sulfonamides is 1. The van der Waals surface area contributed by atoms with Gasteiger partial charge >= 0.3 is 0 Å². The van der Waals surface area contributed by atoms with Crippen LogP contribution in [0.1, 0.15) is 24.8 Å². The van der Waals surface area contributed by atoms with Crippen molar-refractivity contribution in [1.82, 2.24) is 0 Å². The van der Waals surface area contributed by atoms with Crippen LogP contribution >= 0.6 is 0 Å². The quantitative estimate of drug-likeness (QED) is 0.848. The summed E-state index contributed by atoms with van der Waals surface area (Å²) in [6.45, 7) is 0.589. The molecule has 1 aromatic rings. The summed E-state index contributed by atoms with van der Waals surface area (Å²) in [7, 11) is -3.17. The minimum Gasteiger partial charge on any atom is -0.398 e. The molecule has 1 aromatic carbocycles. The van der Waals surface area contributed by atoms with Crippen molar-refractivity contribution < 1.29 is 8.42 Å². The van der Waals surface area contributed by atoms with Gasteiger partial charge in [-0.3, -0.25) is 4.31 Å². The zero-order valence-electron chi connectivity index (χ0n) is 10.3. The molecule has 0 unspecified atom stereocenters. The molecule has 0 radical (unpaired) electrons. The molecule has 1 heterocycles. The number of hydrogen-bond donors (Lipinski definition) is 1. The van der Waals surface area contributed by atoms with Gasteiger partial charge in [0.25, 0.3) is 0 Å². The van der Waals surface area contributed by atoms with E-state index in [9.17, 15) is 8.42 Å². The average Bonchev–Trinajstić information content (AvgIpc) is 3.12. The van der Waals surface area contributed by atoms with Gasteiger partial charge in [-0.25, -0.2) is 8.42 Å². The Morgan fingerprint density at radius 3 is 2.83 bits per heavy atom. The summed E-state index contributed by atoms with van der Waals surface area (Å²) in [5, 5.41) is 0. The monoisotopic (exact) mass is 266 g/mol. The fraction of sp³-hybridized carbons (Fsp3) is 0.538. The third kappa shape index (κ3) is 2.07. The van der Waals surface area contributed by atoms with Crippen molar-refractivity contribution in [3.8, 4) is 0 Å². The second-order valence-corrected chi connectivity index (χ2v) is 7.18. The molecule has 1 aliphatic carbocycles. The molecule has 1 aliphatic heterocycles. The molecule has 0 atom stereocenters. The second-order valence-electron chi connectivity index (χ2n) is 5.24. The van der Waals surface area contributed by atoms with Gasteiger partial charge in [0.15, 0.2) is 0 Å². The van der Waals surface area contributed by atoms with Crippen molar-refractivity contribution in [2.24, 2.45) is 5.92 Å². The van der Waals surface area contributed by atoms with Gasteiger partial charge in [-0.2, -0.15) is 0 Å². The van der Waals surface area contributed by atoms with E-state index in [0.29, 0.717) is 23.9 Å². The van der Waals surface area contributed by atoms with Gasteiger partial charge in [0.2, 0.25) is 10.0 Å². The second kappa shape index (κ2) is 4.16. The van der Waals surface area contributed by atoms with E-state index in [4.69, 9.17) is 5.73 Å². The Bertz CT molecular complexity index is 564. The fourth-order valence-electron chi connectivity index (χ4n) is 2.58. The molecule has 18 heavy (non-hydrogen) atoms. The summed E-state index contributed by atoms with van der Waals surface area (Å²) in [5.74, 6) is 0.669. The van der Waals surface area contributed by atoms with Gasteiger partial charge in [0, 0.05) is 12.2 Å². The largest absolute Gasteiger partial charge is 0.398 e. The molecule has 0 saturated heterocycles. The maximum atomic E-state index is 12.4. The van der Waals surface area contributed by atoms with Gasteiger partial charge in [0.05, 0.1) is 11.4 Å². The summed E-state index contributed by atoms with van der Waals surface area (Å²) < 4.78 is 26.4. The highest BCUT2D eigenvalue weighted by Crippen LogP contribution is 2.36. The minimum absolute atomic E-state index is 0.293. The normalized spacial score (nSPS) is 19.7. The van der Waals surface area contributed by atoms with E-state index >= 15 is 0 Å². The molecular weight excluding hydrogens is 248 g/mol. The lowest BCUT2D eigenvalue weighted by Crippen LogP contribution is -2.37. The van der Waals surface area contributed by atoms with Crippen LogP contribution in [-0.4, -0.2) is 20.7 Å². The molecule has 3 rings (SSSR count). The first-order valence-electron chi connectivity index (χ1n) is 6.46. The molecular formula is C13H18N2O2S. The zero-order chi connectivity index (χ0) is 12.8. The Kier molecular flexibility index (Phi) is 2.73. The van der Waals surface area contributed by atoms with Gasteiger partial charge < -0.3 is 5.73 Å². The van der Waals surface area contributed by atoms with Crippen LogP contribution in [0.4, 0.5) is 11.4 Å². The van der Waals surface area contributed by atoms with Crippen molar-refractivity contribution in [2.75, 3.05) is 22.3 Å². The first-order valence-corrected chi connectivity index (χ1v) is 8.06. The van der Waals surface area contributed by atoms with Crippen LogP contribution in [-0.2, 0) is 16.4 Å². The summed E-state index contributed by atoms with van der Waals surface area (Å²) in [6, 6.07) is 5.55. The number of nitrogens with two attached hydrogens (primary N) is 1. The van der Waals surface area contributed by atoms with Crippen molar-refractivity contribution in [1.29, 1.82) is 0 Å². The molecule has 0 bridgehead atoms. The minimum atomic E-state index is -3.17. The number of anilines is 2. The van der Waals surface area contributed by atoms with Gasteiger partial charge in [-0.15, -0.1) is 0 Å². The molecule has 0 aromatic heterocycles. The number of rotatable bonds is 3. The third-order valence-electron chi connectivity index (χ3n) is 3.72. The summed E-state index contributed by atoms with van der Waals surface area (Å²) in [4.78, 5) is 0. The van der Waals surface area contributed by atoms with Crippen molar-refractivity contribution in [3.63, 3.8) is 0 Å². The van der Waals surface area contributed by atoms with Crippen LogP contribution in [0.3, 0.4) is 0 Å². The average molecular weight is 266 g/mol. The predicted molar refractivity (Wildman–Crippen MR) is 73.0 cm³/mol. The first kappa shape index (κ1) is 11.8. The zero-order valence-corrected chi connectivity index (χ0v) is 11.1. The molecule has 0 spiro atoms. The highest BCUT2D eigenvalue weighted by Gasteiger charge is 2.34. The Balaban J connectivity index is 1.98. The molecule has 1 saturated carbocycles. The number of hydrogen-bond acceptors (Lipinski definition) is 3. The number of benzene rings is 1. The lowest BCUT2D eigenvalue weighted by atomic mass is 10.0. The van der Waals surface area contributed by atoms with Crippen LogP contribution < -0.4 is 10.0 Å². The predicted octanol–water partition coefficient (Wildman–Crippen LogP) is 1.76. The molecule has 2 aliphatic rings. The van der Waals surface area contributed by atoms with Gasteiger partial charge in [-0.1, -0.05) is 6.07 Å². The lowest BCUT2D eigenvalue weighted by molar-refractivity contribution is 0.583. The number of nitrogens with zero attached hydrogens (tertiary/aromatic N) is 1. The Labute approximate surface area is 108 Å². The maximum Gasteiger partial charge on any atom is 0.235 e. The highest BCUT2D eigenvalue weighted by atomic mass is 32.2.